The quantitative estimate of drug-likeness (QED) is 0.528. The molecule has 3 rings (SSSR count). The molecule has 144 valence electrons. The summed E-state index contributed by atoms with van der Waals surface area (Å²) in [4.78, 5) is 21.3. The van der Waals surface area contributed by atoms with Crippen molar-refractivity contribution in [3.05, 3.63) is 65.6 Å². The Morgan fingerprint density at radius 2 is 2.00 bits per heavy atom. The molecule has 1 aromatic carbocycles. The molecular weight excluding hydrogens is 350 g/mol. The van der Waals surface area contributed by atoms with Gasteiger partial charge in [0.2, 0.25) is 5.91 Å². The molecule has 0 radical (unpaired) electrons. The number of hydrogen-bond acceptors (Lipinski definition) is 4. The van der Waals surface area contributed by atoms with Crippen LogP contribution in [0.1, 0.15) is 42.9 Å². The molecule has 0 atom stereocenters. The Labute approximate surface area is 165 Å². The molecule has 1 heterocycles. The van der Waals surface area contributed by atoms with E-state index in [9.17, 15) is 4.79 Å². The lowest BCUT2D eigenvalue weighted by molar-refractivity contribution is -0.124. The van der Waals surface area contributed by atoms with Crippen molar-refractivity contribution < 1.29 is 4.79 Å². The molecular formula is C22H25N5O. The number of pyridine rings is 1. The van der Waals surface area contributed by atoms with Crippen molar-refractivity contribution in [1.82, 2.24) is 4.98 Å². The van der Waals surface area contributed by atoms with Crippen LogP contribution in [0.15, 0.2) is 53.9 Å². The van der Waals surface area contributed by atoms with Crippen molar-refractivity contribution in [3.8, 4) is 0 Å². The van der Waals surface area contributed by atoms with E-state index in [2.05, 4.69) is 15.3 Å². The Morgan fingerprint density at radius 3 is 2.54 bits per heavy atom. The third kappa shape index (κ3) is 3.86. The highest BCUT2D eigenvalue weighted by atomic mass is 16.2. The van der Waals surface area contributed by atoms with Crippen LogP contribution in [0.3, 0.4) is 0 Å². The topological polar surface area (TPSA) is 104 Å². The smallest absolute Gasteiger partial charge is 0.235 e. The Morgan fingerprint density at radius 1 is 1.29 bits per heavy atom. The molecule has 1 fully saturated rings. The zero-order valence-corrected chi connectivity index (χ0v) is 16.2. The molecule has 1 amide bonds. The van der Waals surface area contributed by atoms with Crippen LogP contribution in [0, 0.1) is 12.3 Å². The Hall–Kier alpha value is -3.28. The number of aliphatic imine (C=N–C) groups is 1. The van der Waals surface area contributed by atoms with Gasteiger partial charge in [0.15, 0.2) is 0 Å². The number of hydrogen-bond donors (Lipinski definition) is 3. The van der Waals surface area contributed by atoms with Crippen molar-refractivity contribution in [1.29, 1.82) is 5.41 Å². The highest BCUT2D eigenvalue weighted by Gasteiger charge is 2.45. The van der Waals surface area contributed by atoms with Crippen molar-refractivity contribution in [2.45, 2.75) is 38.5 Å². The third-order valence-electron chi connectivity index (χ3n) is 5.24. The average Bonchev–Trinajstić information content (AvgIpc) is 2.64. The Balaban J connectivity index is 1.85. The molecule has 0 saturated heterocycles. The molecule has 28 heavy (non-hydrogen) atoms. The molecule has 1 aromatic heterocycles. The first-order valence-corrected chi connectivity index (χ1v) is 9.30. The summed E-state index contributed by atoms with van der Waals surface area (Å²) < 4.78 is 0. The molecule has 6 heteroatoms. The Bertz CT molecular complexity index is 936. The zero-order chi connectivity index (χ0) is 20.1. The number of aryl methyl sites for hydroxylation is 1. The second kappa shape index (κ2) is 8.17. The number of amidine groups is 1. The normalized spacial score (nSPS) is 16.2. The number of carbonyl (C=O) groups excluding carboxylic acids is 1. The number of nitrogens with zero attached hydrogens (tertiary/aromatic N) is 2. The number of rotatable bonds is 6. The number of nitrogens with one attached hydrogen (secondary N) is 2. The van der Waals surface area contributed by atoms with Gasteiger partial charge >= 0.3 is 0 Å². The lowest BCUT2D eigenvalue weighted by Crippen LogP contribution is -2.46. The monoisotopic (exact) mass is 375 g/mol. The molecule has 2 aromatic rings. The molecule has 1 aliphatic rings. The van der Waals surface area contributed by atoms with Crippen LogP contribution in [0.4, 0.5) is 5.69 Å². The fraction of sp³-hybridized carbons (Fsp3) is 0.273. The van der Waals surface area contributed by atoms with Crippen LogP contribution >= 0.6 is 0 Å². The van der Waals surface area contributed by atoms with Crippen LogP contribution < -0.4 is 11.1 Å². The number of aromatic nitrogens is 1. The van der Waals surface area contributed by atoms with Crippen molar-refractivity contribution in [2.75, 3.05) is 5.32 Å². The summed E-state index contributed by atoms with van der Waals surface area (Å²) in [5, 5.41) is 10.7. The van der Waals surface area contributed by atoms with Gasteiger partial charge in [-0.05, 0) is 49.4 Å². The second-order valence-electron chi connectivity index (χ2n) is 7.16. The van der Waals surface area contributed by atoms with E-state index in [4.69, 9.17) is 11.1 Å². The Kier molecular flexibility index (Phi) is 5.68. The number of carbonyl (C=O) groups is 1. The number of anilines is 1. The van der Waals surface area contributed by atoms with E-state index in [1.807, 2.05) is 37.3 Å². The van der Waals surface area contributed by atoms with Gasteiger partial charge < -0.3 is 16.5 Å². The van der Waals surface area contributed by atoms with E-state index in [0.29, 0.717) is 11.4 Å². The van der Waals surface area contributed by atoms with Crippen LogP contribution in [0.2, 0.25) is 0 Å². The lowest BCUT2D eigenvalue weighted by atomic mass is 9.63. The first-order valence-electron chi connectivity index (χ1n) is 9.30. The van der Waals surface area contributed by atoms with Gasteiger partial charge in [0, 0.05) is 36.1 Å². The molecule has 4 N–H and O–H groups in total. The SMILES string of the molecule is C/C(N)=N\C=C(/C=N)c1ccc(C2(C(=O)Nc3ccncc3C)CCC2)cc1. The molecule has 0 bridgehead atoms. The van der Waals surface area contributed by atoms with Crippen LogP contribution in [0.5, 0.6) is 0 Å². The van der Waals surface area contributed by atoms with E-state index in [-0.39, 0.29) is 5.91 Å². The number of benzene rings is 1. The van der Waals surface area contributed by atoms with E-state index in [0.717, 1.165) is 41.6 Å². The maximum Gasteiger partial charge on any atom is 0.235 e. The number of nitrogens with two attached hydrogens (primary N) is 1. The fourth-order valence-electron chi connectivity index (χ4n) is 3.38. The number of allylic oxidation sites excluding steroid dienone is 1. The maximum absolute atomic E-state index is 13.1. The molecule has 1 saturated carbocycles. The van der Waals surface area contributed by atoms with Crippen LogP contribution in [-0.4, -0.2) is 22.9 Å². The fourth-order valence-corrected chi connectivity index (χ4v) is 3.38. The first kappa shape index (κ1) is 19.5. The van der Waals surface area contributed by atoms with Gasteiger partial charge in [0.25, 0.3) is 0 Å². The maximum atomic E-state index is 13.1. The third-order valence-corrected chi connectivity index (χ3v) is 5.24. The summed E-state index contributed by atoms with van der Waals surface area (Å²) in [5.74, 6) is 0.458. The van der Waals surface area contributed by atoms with Gasteiger partial charge in [-0.3, -0.25) is 9.78 Å². The predicted octanol–water partition coefficient (Wildman–Crippen LogP) is 3.82. The minimum atomic E-state index is -0.505. The van der Waals surface area contributed by atoms with Gasteiger partial charge in [-0.1, -0.05) is 30.7 Å². The molecule has 1 aliphatic carbocycles. The van der Waals surface area contributed by atoms with Crippen LogP contribution in [-0.2, 0) is 10.2 Å². The van der Waals surface area contributed by atoms with Crippen molar-refractivity contribution in [3.63, 3.8) is 0 Å². The standard InChI is InChI=1S/C22H25N5O/c1-15-13-25-11-8-20(15)27-21(28)22(9-3-10-22)19-6-4-17(5-7-19)18(12-23)14-26-16(2)24/h4-8,11-14,23H,3,9-10H2,1-2H3,(H2,24,26)(H,25,27,28)/b18-14+,23-12?. The summed E-state index contributed by atoms with van der Waals surface area (Å²) in [6.45, 7) is 3.63. The van der Waals surface area contributed by atoms with Crippen molar-refractivity contribution in [2.24, 2.45) is 10.7 Å². The minimum absolute atomic E-state index is 0.0203. The summed E-state index contributed by atoms with van der Waals surface area (Å²) in [6.07, 6.45) is 8.93. The van der Waals surface area contributed by atoms with Gasteiger partial charge in [0.1, 0.15) is 0 Å². The molecule has 0 spiro atoms. The zero-order valence-electron chi connectivity index (χ0n) is 16.2. The summed E-state index contributed by atoms with van der Waals surface area (Å²) in [6, 6.07) is 9.63. The minimum Gasteiger partial charge on any atom is -0.387 e. The van der Waals surface area contributed by atoms with E-state index < -0.39 is 5.41 Å². The average molecular weight is 375 g/mol. The lowest BCUT2D eigenvalue weighted by Gasteiger charge is -2.41. The van der Waals surface area contributed by atoms with Gasteiger partial charge in [-0.2, -0.15) is 0 Å². The van der Waals surface area contributed by atoms with Crippen LogP contribution in [0.25, 0.3) is 5.57 Å². The molecule has 6 nitrogen and oxygen atoms in total. The predicted molar refractivity (Wildman–Crippen MR) is 114 cm³/mol. The van der Waals surface area contributed by atoms with Crippen molar-refractivity contribution >= 4 is 29.2 Å². The second-order valence-corrected chi connectivity index (χ2v) is 7.16. The highest BCUT2D eigenvalue weighted by Crippen LogP contribution is 2.45. The number of amides is 1. The summed E-state index contributed by atoms with van der Waals surface area (Å²) in [5.41, 5.74) is 9.33. The molecule has 0 unspecified atom stereocenters. The van der Waals surface area contributed by atoms with Gasteiger partial charge in [-0.15, -0.1) is 0 Å². The first-order chi connectivity index (χ1) is 13.5. The molecule has 0 aliphatic heterocycles. The highest BCUT2D eigenvalue weighted by molar-refractivity contribution is 6.08. The van der Waals surface area contributed by atoms with E-state index in [1.54, 1.807) is 25.5 Å². The van der Waals surface area contributed by atoms with E-state index >= 15 is 0 Å². The van der Waals surface area contributed by atoms with Gasteiger partial charge in [0.05, 0.1) is 11.3 Å². The summed E-state index contributed by atoms with van der Waals surface area (Å²) >= 11 is 0. The largest absolute Gasteiger partial charge is 0.387 e. The summed E-state index contributed by atoms with van der Waals surface area (Å²) in [7, 11) is 0. The van der Waals surface area contributed by atoms with E-state index in [1.165, 1.54) is 6.21 Å². The van der Waals surface area contributed by atoms with Gasteiger partial charge in [-0.25, -0.2) is 4.99 Å².